The van der Waals surface area contributed by atoms with Crippen LogP contribution in [0.3, 0.4) is 0 Å². The van der Waals surface area contributed by atoms with Crippen LogP contribution >= 0.6 is 23.2 Å². The van der Waals surface area contributed by atoms with Crippen LogP contribution in [0.4, 0.5) is 0 Å². The second-order valence-electron chi connectivity index (χ2n) is 4.15. The molecule has 4 nitrogen and oxygen atoms in total. The van der Waals surface area contributed by atoms with Crippen LogP contribution in [0.15, 0.2) is 23.8 Å². The van der Waals surface area contributed by atoms with Crippen LogP contribution in [-0.4, -0.2) is 30.1 Å². The molecule has 1 fully saturated rings. The summed E-state index contributed by atoms with van der Waals surface area (Å²) in [5.41, 5.74) is 0.487. The Hall–Kier alpha value is -1.07. The standard InChI is InChI=1S/C13H12Cl2O4/c1-13(18-5-6-19-13)9(12(16)17)7-8-3-2-4-10(14)11(8)15/h2-4,7H,5-6H2,1H3,(H,16,17). The van der Waals surface area contributed by atoms with Crippen molar-refractivity contribution in [3.8, 4) is 0 Å². The van der Waals surface area contributed by atoms with Crippen molar-refractivity contribution < 1.29 is 19.4 Å². The minimum atomic E-state index is -1.27. The fourth-order valence-electron chi connectivity index (χ4n) is 1.84. The van der Waals surface area contributed by atoms with Crippen LogP contribution in [0.25, 0.3) is 6.08 Å². The highest BCUT2D eigenvalue weighted by Crippen LogP contribution is 2.32. The molecule has 0 amide bonds. The lowest BCUT2D eigenvalue weighted by Gasteiger charge is -2.23. The molecule has 1 aliphatic heterocycles. The number of rotatable bonds is 3. The second-order valence-corrected chi connectivity index (χ2v) is 4.93. The molecule has 2 rings (SSSR count). The number of carbonyl (C=O) groups is 1. The molecule has 0 saturated carbocycles. The van der Waals surface area contributed by atoms with Gasteiger partial charge >= 0.3 is 5.97 Å². The first-order valence-corrected chi connectivity index (χ1v) is 6.37. The van der Waals surface area contributed by atoms with Crippen molar-refractivity contribution in [1.82, 2.24) is 0 Å². The first kappa shape index (κ1) is 14.3. The van der Waals surface area contributed by atoms with Gasteiger partial charge < -0.3 is 14.6 Å². The van der Waals surface area contributed by atoms with Crippen LogP contribution in [0.1, 0.15) is 12.5 Å². The van der Waals surface area contributed by atoms with Gasteiger partial charge in [-0.15, -0.1) is 0 Å². The Bertz CT molecular complexity index is 533. The van der Waals surface area contributed by atoms with Gasteiger partial charge in [-0.05, 0) is 24.6 Å². The maximum atomic E-state index is 11.4. The Kier molecular flexibility index (Phi) is 4.16. The average Bonchev–Trinajstić information content (AvgIpc) is 2.78. The number of hydrogen-bond acceptors (Lipinski definition) is 3. The van der Waals surface area contributed by atoms with E-state index in [1.807, 2.05) is 0 Å². The number of benzene rings is 1. The molecule has 1 heterocycles. The van der Waals surface area contributed by atoms with E-state index in [2.05, 4.69) is 0 Å². The summed E-state index contributed by atoms with van der Waals surface area (Å²) in [5, 5.41) is 9.97. The van der Waals surface area contributed by atoms with E-state index >= 15 is 0 Å². The van der Waals surface area contributed by atoms with Gasteiger partial charge in [0.2, 0.25) is 0 Å². The third kappa shape index (κ3) is 2.92. The lowest BCUT2D eigenvalue weighted by atomic mass is 10.0. The molecule has 0 spiro atoms. The summed E-state index contributed by atoms with van der Waals surface area (Å²) in [6.45, 7) is 2.27. The van der Waals surface area contributed by atoms with Crippen molar-refractivity contribution in [2.75, 3.05) is 13.2 Å². The normalized spacial score (nSPS) is 18.6. The predicted molar refractivity (Wildman–Crippen MR) is 72.4 cm³/mol. The molecule has 0 radical (unpaired) electrons. The lowest BCUT2D eigenvalue weighted by molar-refractivity contribution is -0.147. The summed E-state index contributed by atoms with van der Waals surface area (Å²) in [6, 6.07) is 5.00. The molecule has 1 aliphatic rings. The minimum absolute atomic E-state index is 0.0193. The fourth-order valence-corrected chi connectivity index (χ4v) is 2.21. The Balaban J connectivity index is 2.47. The minimum Gasteiger partial charge on any atom is -0.478 e. The zero-order valence-electron chi connectivity index (χ0n) is 10.2. The van der Waals surface area contributed by atoms with Crippen molar-refractivity contribution in [3.63, 3.8) is 0 Å². The molecule has 1 N–H and O–H groups in total. The van der Waals surface area contributed by atoms with E-state index in [1.54, 1.807) is 25.1 Å². The average molecular weight is 303 g/mol. The van der Waals surface area contributed by atoms with Gasteiger partial charge in [-0.3, -0.25) is 0 Å². The monoisotopic (exact) mass is 302 g/mol. The van der Waals surface area contributed by atoms with Crippen LogP contribution in [0, 0.1) is 0 Å². The molecule has 1 saturated heterocycles. The number of ether oxygens (including phenoxy) is 2. The molecule has 0 bridgehead atoms. The van der Waals surface area contributed by atoms with Crippen LogP contribution < -0.4 is 0 Å². The van der Waals surface area contributed by atoms with Gasteiger partial charge in [-0.25, -0.2) is 4.79 Å². The van der Waals surface area contributed by atoms with Crippen molar-refractivity contribution in [3.05, 3.63) is 39.4 Å². The Morgan fingerprint density at radius 1 is 1.37 bits per heavy atom. The number of carboxylic acids is 1. The topological polar surface area (TPSA) is 55.8 Å². The summed E-state index contributed by atoms with van der Waals surface area (Å²) < 4.78 is 10.7. The highest BCUT2D eigenvalue weighted by atomic mass is 35.5. The van der Waals surface area contributed by atoms with E-state index in [0.29, 0.717) is 28.8 Å². The lowest BCUT2D eigenvalue weighted by Crippen LogP contribution is -2.32. The number of hydrogen-bond donors (Lipinski definition) is 1. The molecule has 0 atom stereocenters. The van der Waals surface area contributed by atoms with Crippen molar-refractivity contribution in [2.24, 2.45) is 0 Å². The fraction of sp³-hybridized carbons (Fsp3) is 0.308. The summed E-state index contributed by atoms with van der Waals surface area (Å²) in [4.78, 5) is 11.4. The number of carboxylic acid groups (broad SMARTS) is 1. The molecular formula is C13H12Cl2O4. The molecular weight excluding hydrogens is 291 g/mol. The van der Waals surface area contributed by atoms with Gasteiger partial charge in [0, 0.05) is 0 Å². The molecule has 1 aromatic carbocycles. The van der Waals surface area contributed by atoms with Gasteiger partial charge in [-0.1, -0.05) is 35.3 Å². The van der Waals surface area contributed by atoms with Gasteiger partial charge in [0.1, 0.15) is 0 Å². The van der Waals surface area contributed by atoms with Crippen LogP contribution in [-0.2, 0) is 14.3 Å². The molecule has 6 heteroatoms. The van der Waals surface area contributed by atoms with Gasteiger partial charge in [-0.2, -0.15) is 0 Å². The molecule has 0 unspecified atom stereocenters. The Morgan fingerprint density at radius 2 is 2.00 bits per heavy atom. The van der Waals surface area contributed by atoms with E-state index in [-0.39, 0.29) is 5.57 Å². The van der Waals surface area contributed by atoms with Crippen LogP contribution in [0.5, 0.6) is 0 Å². The maximum absolute atomic E-state index is 11.4. The van der Waals surface area contributed by atoms with Crippen molar-refractivity contribution in [1.29, 1.82) is 0 Å². The quantitative estimate of drug-likeness (QED) is 0.871. The number of aliphatic carboxylic acids is 1. The zero-order valence-corrected chi connectivity index (χ0v) is 11.7. The maximum Gasteiger partial charge on any atom is 0.337 e. The Morgan fingerprint density at radius 3 is 2.58 bits per heavy atom. The summed E-state index contributed by atoms with van der Waals surface area (Å²) >= 11 is 11.9. The van der Waals surface area contributed by atoms with Gasteiger partial charge in [0.15, 0.2) is 5.79 Å². The van der Waals surface area contributed by atoms with E-state index < -0.39 is 11.8 Å². The van der Waals surface area contributed by atoms with E-state index in [4.69, 9.17) is 32.7 Å². The van der Waals surface area contributed by atoms with Gasteiger partial charge in [0.05, 0.1) is 28.8 Å². The predicted octanol–water partition coefficient (Wildman–Crippen LogP) is 3.22. The van der Waals surface area contributed by atoms with E-state index in [9.17, 15) is 9.90 Å². The van der Waals surface area contributed by atoms with Gasteiger partial charge in [0.25, 0.3) is 0 Å². The molecule has 1 aromatic rings. The molecule has 0 aliphatic carbocycles. The first-order chi connectivity index (χ1) is 8.94. The third-order valence-electron chi connectivity index (χ3n) is 2.84. The molecule has 0 aromatic heterocycles. The molecule has 102 valence electrons. The van der Waals surface area contributed by atoms with Crippen molar-refractivity contribution >= 4 is 35.2 Å². The highest BCUT2D eigenvalue weighted by Gasteiger charge is 2.39. The summed E-state index contributed by atoms with van der Waals surface area (Å²) in [6.07, 6.45) is 1.42. The first-order valence-electron chi connectivity index (χ1n) is 5.61. The highest BCUT2D eigenvalue weighted by molar-refractivity contribution is 6.42. The zero-order chi connectivity index (χ0) is 14.0. The summed E-state index contributed by atoms with van der Waals surface area (Å²) in [7, 11) is 0. The summed E-state index contributed by atoms with van der Waals surface area (Å²) in [5.74, 6) is -2.39. The second kappa shape index (κ2) is 5.51. The largest absolute Gasteiger partial charge is 0.478 e. The SMILES string of the molecule is CC1(C(=Cc2cccc(Cl)c2Cl)C(=O)O)OCCO1. The molecule has 19 heavy (non-hydrogen) atoms. The smallest absolute Gasteiger partial charge is 0.337 e. The Labute approximate surface area is 120 Å². The number of halogens is 2. The van der Waals surface area contributed by atoms with E-state index in [1.165, 1.54) is 6.08 Å². The van der Waals surface area contributed by atoms with Crippen LogP contribution in [0.2, 0.25) is 10.0 Å². The van der Waals surface area contributed by atoms with E-state index in [0.717, 1.165) is 0 Å². The van der Waals surface area contributed by atoms with Crippen molar-refractivity contribution in [2.45, 2.75) is 12.7 Å². The third-order valence-corrected chi connectivity index (χ3v) is 3.67.